The summed E-state index contributed by atoms with van der Waals surface area (Å²) in [7, 11) is 1.56. The fraction of sp³-hybridized carbons (Fsp3) is 0.290. The van der Waals surface area contributed by atoms with Crippen molar-refractivity contribution in [2.45, 2.75) is 26.5 Å². The number of carbonyl (C=O) groups excluding carboxylic acids is 2. The van der Waals surface area contributed by atoms with Crippen molar-refractivity contribution in [3.05, 3.63) is 101 Å². The third-order valence-electron chi connectivity index (χ3n) is 6.88. The largest absolute Gasteiger partial charge is 0.507 e. The van der Waals surface area contributed by atoms with Gasteiger partial charge in [-0.3, -0.25) is 9.59 Å². The van der Waals surface area contributed by atoms with Gasteiger partial charge in [-0.15, -0.1) is 0 Å². The monoisotopic (exact) mass is 514 g/mol. The number of aliphatic hydroxyl groups excluding tert-OH is 1. The first-order valence-electron chi connectivity index (χ1n) is 12.9. The van der Waals surface area contributed by atoms with E-state index >= 15 is 0 Å². The second-order valence-corrected chi connectivity index (χ2v) is 9.09. The van der Waals surface area contributed by atoms with Crippen LogP contribution in [0, 0.1) is 0 Å². The van der Waals surface area contributed by atoms with E-state index in [1.807, 2.05) is 54.6 Å². The van der Waals surface area contributed by atoms with Gasteiger partial charge in [0.1, 0.15) is 23.9 Å². The number of carbonyl (C=O) groups is 2. The zero-order valence-electron chi connectivity index (χ0n) is 22.1. The molecule has 0 aliphatic carbocycles. The number of Topliss-reactive ketones (excluding diaryl/α,β-unsaturated/α-hetero) is 1. The van der Waals surface area contributed by atoms with Crippen molar-refractivity contribution in [3.63, 3.8) is 0 Å². The van der Waals surface area contributed by atoms with Crippen LogP contribution in [-0.2, 0) is 16.2 Å². The summed E-state index contributed by atoms with van der Waals surface area (Å²) in [5, 5.41) is 11.3. The molecule has 0 saturated carbocycles. The molecule has 3 aromatic carbocycles. The molecule has 7 nitrogen and oxygen atoms in total. The average Bonchev–Trinajstić information content (AvgIpc) is 3.22. The number of rotatable bonds is 11. The van der Waals surface area contributed by atoms with Gasteiger partial charge >= 0.3 is 0 Å². The number of hydrogen-bond acceptors (Lipinski definition) is 6. The van der Waals surface area contributed by atoms with Gasteiger partial charge in [0.05, 0.1) is 18.7 Å². The number of benzene rings is 3. The SMILES string of the molecule is CCN(CC)CCN1C(=O)C(=O)C(=C(O)c2ccc(OC)cc2)C1c1cccc(OCc2ccccc2)c1. The van der Waals surface area contributed by atoms with Gasteiger partial charge < -0.3 is 24.4 Å². The Morgan fingerprint density at radius 3 is 2.29 bits per heavy atom. The molecule has 0 bridgehead atoms. The molecule has 0 radical (unpaired) electrons. The van der Waals surface area contributed by atoms with E-state index in [2.05, 4.69) is 18.7 Å². The molecule has 1 aliphatic heterocycles. The first-order chi connectivity index (χ1) is 18.5. The van der Waals surface area contributed by atoms with Gasteiger partial charge in [0.25, 0.3) is 11.7 Å². The molecule has 0 aromatic heterocycles. The smallest absolute Gasteiger partial charge is 0.295 e. The predicted molar refractivity (Wildman–Crippen MR) is 147 cm³/mol. The van der Waals surface area contributed by atoms with Gasteiger partial charge in [-0.25, -0.2) is 0 Å². The maximum absolute atomic E-state index is 13.3. The van der Waals surface area contributed by atoms with Crippen molar-refractivity contribution in [2.75, 3.05) is 33.3 Å². The maximum atomic E-state index is 13.3. The van der Waals surface area contributed by atoms with Gasteiger partial charge in [-0.2, -0.15) is 0 Å². The van der Waals surface area contributed by atoms with Crippen LogP contribution in [0.3, 0.4) is 0 Å². The molecule has 7 heteroatoms. The van der Waals surface area contributed by atoms with E-state index in [0.717, 1.165) is 18.7 Å². The summed E-state index contributed by atoms with van der Waals surface area (Å²) in [6, 6.07) is 23.2. The summed E-state index contributed by atoms with van der Waals surface area (Å²) in [6.07, 6.45) is 0. The molecule has 198 valence electrons. The Bertz CT molecular complexity index is 1280. The standard InChI is InChI=1S/C31H34N2O5/c1-4-32(5-2)18-19-33-28(24-12-9-13-26(20-24)38-21-22-10-7-6-8-11-22)27(30(35)31(33)36)29(34)23-14-16-25(37-3)17-15-23/h6-17,20,28,34H,4-5,18-19,21H2,1-3H3. The van der Waals surface area contributed by atoms with Gasteiger partial charge in [0.2, 0.25) is 0 Å². The fourth-order valence-corrected chi connectivity index (χ4v) is 4.67. The van der Waals surface area contributed by atoms with Crippen molar-refractivity contribution in [2.24, 2.45) is 0 Å². The van der Waals surface area contributed by atoms with Crippen molar-refractivity contribution in [1.29, 1.82) is 0 Å². The quantitative estimate of drug-likeness (QED) is 0.220. The lowest BCUT2D eigenvalue weighted by Gasteiger charge is -2.28. The Labute approximate surface area is 223 Å². The van der Waals surface area contributed by atoms with Crippen LogP contribution in [-0.4, -0.2) is 59.9 Å². The number of hydrogen-bond donors (Lipinski definition) is 1. The minimum Gasteiger partial charge on any atom is -0.507 e. The van der Waals surface area contributed by atoms with Crippen LogP contribution in [0.4, 0.5) is 0 Å². The van der Waals surface area contributed by atoms with Crippen molar-refractivity contribution in [1.82, 2.24) is 9.80 Å². The molecule has 1 heterocycles. The summed E-state index contributed by atoms with van der Waals surface area (Å²) in [4.78, 5) is 30.4. The van der Waals surface area contributed by atoms with Gasteiger partial charge in [-0.05, 0) is 60.6 Å². The first kappa shape index (κ1) is 26.9. The lowest BCUT2D eigenvalue weighted by Crippen LogP contribution is -2.38. The topological polar surface area (TPSA) is 79.3 Å². The molecule has 3 aromatic rings. The van der Waals surface area contributed by atoms with Crippen LogP contribution in [0.15, 0.2) is 84.4 Å². The number of likely N-dealkylation sites (N-methyl/N-ethyl adjacent to an activating group) is 1. The van der Waals surface area contributed by atoms with E-state index in [1.54, 1.807) is 36.3 Å². The molecule has 1 atom stereocenters. The van der Waals surface area contributed by atoms with Crippen molar-refractivity contribution >= 4 is 17.4 Å². The maximum Gasteiger partial charge on any atom is 0.295 e. The molecular formula is C31H34N2O5. The summed E-state index contributed by atoms with van der Waals surface area (Å²) in [5.74, 6) is -0.283. The van der Waals surface area contributed by atoms with Crippen LogP contribution in [0.2, 0.25) is 0 Å². The Morgan fingerprint density at radius 2 is 1.63 bits per heavy atom. The van der Waals surface area contributed by atoms with Crippen LogP contribution < -0.4 is 9.47 Å². The van der Waals surface area contributed by atoms with E-state index < -0.39 is 17.7 Å². The summed E-state index contributed by atoms with van der Waals surface area (Å²) in [6.45, 7) is 7.14. The minimum absolute atomic E-state index is 0.0694. The summed E-state index contributed by atoms with van der Waals surface area (Å²) in [5.41, 5.74) is 2.24. The fourth-order valence-electron chi connectivity index (χ4n) is 4.67. The summed E-state index contributed by atoms with van der Waals surface area (Å²) >= 11 is 0. The lowest BCUT2D eigenvalue weighted by molar-refractivity contribution is -0.140. The van der Waals surface area contributed by atoms with Crippen LogP contribution in [0.25, 0.3) is 5.76 Å². The second-order valence-electron chi connectivity index (χ2n) is 9.09. The van der Waals surface area contributed by atoms with Crippen molar-refractivity contribution < 1.29 is 24.2 Å². The highest BCUT2D eigenvalue weighted by molar-refractivity contribution is 6.46. The van der Waals surface area contributed by atoms with Gasteiger partial charge in [-0.1, -0.05) is 56.3 Å². The third-order valence-corrected chi connectivity index (χ3v) is 6.88. The number of aliphatic hydroxyl groups is 1. The number of nitrogens with zero attached hydrogens (tertiary/aromatic N) is 2. The van der Waals surface area contributed by atoms with E-state index in [1.165, 1.54) is 0 Å². The first-order valence-corrected chi connectivity index (χ1v) is 12.9. The van der Waals surface area contributed by atoms with Crippen LogP contribution in [0.5, 0.6) is 11.5 Å². The highest BCUT2D eigenvalue weighted by atomic mass is 16.5. The number of amides is 1. The predicted octanol–water partition coefficient (Wildman–Crippen LogP) is 5.04. The molecule has 1 saturated heterocycles. The van der Waals surface area contributed by atoms with E-state index in [4.69, 9.17) is 9.47 Å². The zero-order valence-corrected chi connectivity index (χ0v) is 22.1. The molecule has 1 amide bonds. The molecule has 38 heavy (non-hydrogen) atoms. The Balaban J connectivity index is 1.72. The molecule has 1 aliphatic rings. The third kappa shape index (κ3) is 5.89. The van der Waals surface area contributed by atoms with Crippen LogP contribution in [0.1, 0.15) is 36.6 Å². The summed E-state index contributed by atoms with van der Waals surface area (Å²) < 4.78 is 11.2. The Hall–Kier alpha value is -4.10. The van der Waals surface area contributed by atoms with E-state index in [0.29, 0.717) is 42.3 Å². The van der Waals surface area contributed by atoms with Crippen LogP contribution >= 0.6 is 0 Å². The highest BCUT2D eigenvalue weighted by Gasteiger charge is 2.46. The lowest BCUT2D eigenvalue weighted by atomic mass is 9.95. The Kier molecular flexibility index (Phi) is 8.81. The number of likely N-dealkylation sites (tertiary alicyclic amines) is 1. The molecule has 0 spiro atoms. The molecular weight excluding hydrogens is 480 g/mol. The molecule has 1 unspecified atom stereocenters. The van der Waals surface area contributed by atoms with Gasteiger partial charge in [0.15, 0.2) is 0 Å². The normalized spacial score (nSPS) is 16.7. The number of ketones is 1. The van der Waals surface area contributed by atoms with Gasteiger partial charge in [0, 0.05) is 18.7 Å². The molecule has 4 rings (SSSR count). The minimum atomic E-state index is -0.743. The Morgan fingerprint density at radius 1 is 0.921 bits per heavy atom. The van der Waals surface area contributed by atoms with E-state index in [9.17, 15) is 14.7 Å². The molecule has 1 fully saturated rings. The highest BCUT2D eigenvalue weighted by Crippen LogP contribution is 2.40. The molecule has 1 N–H and O–H groups in total. The average molecular weight is 515 g/mol. The number of methoxy groups -OCH3 is 1. The zero-order chi connectivity index (χ0) is 27.1. The second kappa shape index (κ2) is 12.4. The van der Waals surface area contributed by atoms with E-state index in [-0.39, 0.29) is 11.3 Å². The number of ether oxygens (including phenoxy) is 2. The van der Waals surface area contributed by atoms with Crippen molar-refractivity contribution in [3.8, 4) is 11.5 Å².